The van der Waals surface area contributed by atoms with Gasteiger partial charge in [0.2, 0.25) is 5.78 Å². The average Bonchev–Trinajstić information content (AvgIpc) is 3.10. The van der Waals surface area contributed by atoms with E-state index in [4.69, 9.17) is 9.52 Å². The van der Waals surface area contributed by atoms with Crippen molar-refractivity contribution in [2.75, 3.05) is 0 Å². The Morgan fingerprint density at radius 3 is 2.52 bits per heavy atom. The number of carbonyl (C=O) groups excluding carboxylic acids is 1. The number of carboxylic acids is 1. The molecule has 1 N–H and O–H groups in total. The molecule has 3 rings (SSSR count). The molecule has 4 heteroatoms. The van der Waals surface area contributed by atoms with Gasteiger partial charge in [-0.2, -0.15) is 0 Å². The monoisotopic (exact) mass is 362 g/mol. The number of carbonyl (C=O) groups is 2. The number of hydrogen-bond acceptors (Lipinski definition) is 3. The number of furan rings is 1. The van der Waals surface area contributed by atoms with Crippen LogP contribution in [0.4, 0.5) is 0 Å². The second kappa shape index (κ2) is 8.49. The lowest BCUT2D eigenvalue weighted by Crippen LogP contribution is -1.99. The van der Waals surface area contributed by atoms with Crippen molar-refractivity contribution < 1.29 is 19.1 Å². The molecule has 0 saturated heterocycles. The topological polar surface area (TPSA) is 67.5 Å². The number of hydrogen-bond donors (Lipinski definition) is 1. The van der Waals surface area contributed by atoms with Crippen molar-refractivity contribution >= 4 is 28.8 Å². The van der Waals surface area contributed by atoms with Crippen LogP contribution in [0.15, 0.2) is 59.0 Å². The van der Waals surface area contributed by atoms with Gasteiger partial charge in [-0.1, -0.05) is 50.1 Å². The molecule has 0 unspecified atom stereocenters. The van der Waals surface area contributed by atoms with Crippen molar-refractivity contribution in [1.82, 2.24) is 0 Å². The van der Waals surface area contributed by atoms with Crippen molar-refractivity contribution in [3.8, 4) is 0 Å². The Balaban J connectivity index is 1.78. The summed E-state index contributed by atoms with van der Waals surface area (Å²) >= 11 is 0. The number of carboxylic acid groups (broad SMARTS) is 1. The fourth-order valence-electron chi connectivity index (χ4n) is 2.99. The van der Waals surface area contributed by atoms with Crippen molar-refractivity contribution in [2.24, 2.45) is 0 Å². The van der Waals surface area contributed by atoms with E-state index in [1.165, 1.54) is 24.5 Å². The molecule has 0 fully saturated rings. The van der Waals surface area contributed by atoms with E-state index < -0.39 is 5.97 Å². The molecule has 0 aliphatic carbocycles. The zero-order valence-corrected chi connectivity index (χ0v) is 15.3. The van der Waals surface area contributed by atoms with Gasteiger partial charge < -0.3 is 9.52 Å². The standard InChI is InChI=1S/C23H22O4/c1-2-3-4-5-16-6-10-18(11-7-16)23(26)21-15-19-14-17(9-13-22(24)25)8-12-20(19)27-21/h6-15H,2-5H2,1H3,(H,24,25)/b13-9+. The summed E-state index contributed by atoms with van der Waals surface area (Å²) < 4.78 is 5.68. The van der Waals surface area contributed by atoms with Gasteiger partial charge in [0.1, 0.15) is 5.58 Å². The summed E-state index contributed by atoms with van der Waals surface area (Å²) in [5.74, 6) is -0.881. The molecule has 138 valence electrons. The van der Waals surface area contributed by atoms with Gasteiger partial charge in [0.25, 0.3) is 0 Å². The van der Waals surface area contributed by atoms with E-state index >= 15 is 0 Å². The maximum atomic E-state index is 12.7. The third-order valence-electron chi connectivity index (χ3n) is 4.47. The van der Waals surface area contributed by atoms with E-state index in [2.05, 4.69) is 6.92 Å². The maximum Gasteiger partial charge on any atom is 0.328 e. The summed E-state index contributed by atoms with van der Waals surface area (Å²) in [6.07, 6.45) is 7.17. The molecule has 0 atom stereocenters. The minimum Gasteiger partial charge on any atom is -0.478 e. The van der Waals surface area contributed by atoms with Crippen molar-refractivity contribution in [1.29, 1.82) is 0 Å². The number of aryl methyl sites for hydroxylation is 1. The van der Waals surface area contributed by atoms with Crippen LogP contribution < -0.4 is 0 Å². The minimum absolute atomic E-state index is 0.158. The molecule has 0 radical (unpaired) electrons. The largest absolute Gasteiger partial charge is 0.478 e. The van der Waals surface area contributed by atoms with Crippen LogP contribution in [0, 0.1) is 0 Å². The Labute approximate surface area is 158 Å². The third kappa shape index (κ3) is 4.73. The first-order valence-corrected chi connectivity index (χ1v) is 9.15. The number of unbranched alkanes of at least 4 members (excludes halogenated alkanes) is 2. The molecule has 0 aliphatic rings. The Hall–Kier alpha value is -3.14. The highest BCUT2D eigenvalue weighted by Gasteiger charge is 2.14. The first-order valence-electron chi connectivity index (χ1n) is 9.15. The predicted molar refractivity (Wildman–Crippen MR) is 106 cm³/mol. The SMILES string of the molecule is CCCCCc1ccc(C(=O)c2cc3cc(/C=C/C(=O)O)ccc3o2)cc1. The molecule has 0 aliphatic heterocycles. The van der Waals surface area contributed by atoms with Crippen LogP contribution in [-0.4, -0.2) is 16.9 Å². The normalized spacial score (nSPS) is 11.3. The van der Waals surface area contributed by atoms with E-state index in [1.807, 2.05) is 24.3 Å². The van der Waals surface area contributed by atoms with Crippen LogP contribution in [0.25, 0.3) is 17.0 Å². The first-order chi connectivity index (χ1) is 13.1. The van der Waals surface area contributed by atoms with Crippen LogP contribution in [0.5, 0.6) is 0 Å². The van der Waals surface area contributed by atoms with E-state index in [1.54, 1.807) is 24.3 Å². The first kappa shape index (κ1) is 18.6. The smallest absolute Gasteiger partial charge is 0.328 e. The van der Waals surface area contributed by atoms with Gasteiger partial charge in [0, 0.05) is 17.0 Å². The van der Waals surface area contributed by atoms with Crippen LogP contribution >= 0.6 is 0 Å². The second-order valence-electron chi connectivity index (χ2n) is 6.56. The van der Waals surface area contributed by atoms with Gasteiger partial charge in [0.15, 0.2) is 5.76 Å². The summed E-state index contributed by atoms with van der Waals surface area (Å²) in [5, 5.41) is 9.49. The summed E-state index contributed by atoms with van der Waals surface area (Å²) in [5.41, 5.74) is 3.17. The molecule has 0 spiro atoms. The number of ketones is 1. The maximum absolute atomic E-state index is 12.7. The fraction of sp³-hybridized carbons (Fsp3) is 0.217. The van der Waals surface area contributed by atoms with Gasteiger partial charge in [-0.05, 0) is 48.2 Å². The highest BCUT2D eigenvalue weighted by atomic mass is 16.4. The number of fused-ring (bicyclic) bond motifs is 1. The lowest BCUT2D eigenvalue weighted by atomic mass is 10.0. The summed E-state index contributed by atoms with van der Waals surface area (Å²) in [6, 6.07) is 14.7. The van der Waals surface area contributed by atoms with E-state index in [9.17, 15) is 9.59 Å². The van der Waals surface area contributed by atoms with Gasteiger partial charge in [-0.3, -0.25) is 4.79 Å². The predicted octanol–water partition coefficient (Wildman–Crippen LogP) is 5.49. The van der Waals surface area contributed by atoms with Crippen LogP contribution in [0.2, 0.25) is 0 Å². The molecule has 3 aromatic rings. The summed E-state index contributed by atoms with van der Waals surface area (Å²) in [4.78, 5) is 23.3. The van der Waals surface area contributed by atoms with Gasteiger partial charge >= 0.3 is 5.97 Å². The molecule has 2 aromatic carbocycles. The van der Waals surface area contributed by atoms with Gasteiger partial charge in [-0.15, -0.1) is 0 Å². The van der Waals surface area contributed by atoms with Crippen LogP contribution in [0.1, 0.15) is 53.4 Å². The van der Waals surface area contributed by atoms with Crippen LogP contribution in [0.3, 0.4) is 0 Å². The molecule has 0 saturated carbocycles. The van der Waals surface area contributed by atoms with Gasteiger partial charge in [0.05, 0.1) is 0 Å². The average molecular weight is 362 g/mol. The second-order valence-corrected chi connectivity index (χ2v) is 6.56. The Bertz CT molecular complexity index is 977. The van der Waals surface area contributed by atoms with Crippen molar-refractivity contribution in [2.45, 2.75) is 32.6 Å². The third-order valence-corrected chi connectivity index (χ3v) is 4.47. The number of rotatable bonds is 8. The van der Waals surface area contributed by atoms with Crippen molar-refractivity contribution in [3.63, 3.8) is 0 Å². The van der Waals surface area contributed by atoms with Gasteiger partial charge in [-0.25, -0.2) is 4.79 Å². The fourth-order valence-corrected chi connectivity index (χ4v) is 2.99. The lowest BCUT2D eigenvalue weighted by molar-refractivity contribution is -0.131. The minimum atomic E-state index is -1.00. The highest BCUT2D eigenvalue weighted by Crippen LogP contribution is 2.23. The molecule has 4 nitrogen and oxygen atoms in total. The molecule has 1 aromatic heterocycles. The Kier molecular flexibility index (Phi) is 5.87. The summed E-state index contributed by atoms with van der Waals surface area (Å²) in [6.45, 7) is 2.18. The zero-order valence-electron chi connectivity index (χ0n) is 15.3. The Morgan fingerprint density at radius 2 is 1.81 bits per heavy atom. The van der Waals surface area contributed by atoms with E-state index in [0.717, 1.165) is 29.9 Å². The highest BCUT2D eigenvalue weighted by molar-refractivity contribution is 6.09. The van der Waals surface area contributed by atoms with E-state index in [-0.39, 0.29) is 11.5 Å². The van der Waals surface area contributed by atoms with E-state index in [0.29, 0.717) is 11.1 Å². The van der Waals surface area contributed by atoms with Crippen molar-refractivity contribution in [3.05, 3.63) is 77.1 Å². The zero-order chi connectivity index (χ0) is 19.2. The Morgan fingerprint density at radius 1 is 1.04 bits per heavy atom. The number of aliphatic carboxylic acids is 1. The molecule has 1 heterocycles. The molecule has 0 bridgehead atoms. The number of benzene rings is 2. The lowest BCUT2D eigenvalue weighted by Gasteiger charge is -2.02. The molecule has 0 amide bonds. The van der Waals surface area contributed by atoms with Crippen LogP contribution in [-0.2, 0) is 11.2 Å². The molecular weight excluding hydrogens is 340 g/mol. The quantitative estimate of drug-likeness (QED) is 0.327. The molecular formula is C23H22O4. The molecule has 27 heavy (non-hydrogen) atoms. The summed E-state index contributed by atoms with van der Waals surface area (Å²) in [7, 11) is 0.